The number of aliphatic hydroxyl groups excluding tert-OH is 1. The molecule has 2 aliphatic heterocycles. The fourth-order valence-electron chi connectivity index (χ4n) is 5.02. The molecule has 5 rings (SSSR count). The number of ether oxygens (including phenoxy) is 1. The minimum absolute atomic E-state index is 0.112. The number of carbonyl (C=O) groups is 2. The summed E-state index contributed by atoms with van der Waals surface area (Å²) < 4.78 is 5.43. The Morgan fingerprint density at radius 3 is 2.88 bits per heavy atom. The molecule has 3 aromatic rings. The fourth-order valence-corrected chi connectivity index (χ4v) is 5.02. The van der Waals surface area contributed by atoms with E-state index in [2.05, 4.69) is 10.3 Å². The topological polar surface area (TPSA) is 91.8 Å². The maximum Gasteiger partial charge on any atom is 0.273 e. The van der Waals surface area contributed by atoms with Crippen molar-refractivity contribution in [2.75, 3.05) is 19.0 Å². The number of carbonyl (C=O) groups excluding carboxylic acids is 2. The van der Waals surface area contributed by atoms with Gasteiger partial charge in [-0.3, -0.25) is 14.6 Å². The number of para-hydroxylation sites is 1. The highest BCUT2D eigenvalue weighted by Gasteiger charge is 2.59. The highest BCUT2D eigenvalue weighted by Crippen LogP contribution is 2.55. The quantitative estimate of drug-likeness (QED) is 0.665. The van der Waals surface area contributed by atoms with E-state index in [4.69, 9.17) is 4.74 Å². The summed E-state index contributed by atoms with van der Waals surface area (Å²) in [5.41, 5.74) is 2.44. The van der Waals surface area contributed by atoms with Crippen LogP contribution in [0.5, 0.6) is 5.75 Å². The summed E-state index contributed by atoms with van der Waals surface area (Å²) in [6.07, 6.45) is 2.01. The Hall–Kier alpha value is -3.71. The van der Waals surface area contributed by atoms with Crippen LogP contribution in [0.4, 0.5) is 5.69 Å². The molecule has 1 saturated heterocycles. The number of aromatic nitrogens is 1. The van der Waals surface area contributed by atoms with E-state index in [0.717, 1.165) is 16.8 Å². The molecule has 0 radical (unpaired) electrons. The van der Waals surface area contributed by atoms with Gasteiger partial charge in [0, 0.05) is 18.4 Å². The second-order valence-electron chi connectivity index (χ2n) is 8.11. The molecule has 3 heterocycles. The van der Waals surface area contributed by atoms with E-state index in [9.17, 15) is 14.7 Å². The Labute approximate surface area is 185 Å². The molecule has 162 valence electrons. The third-order valence-electron chi connectivity index (χ3n) is 6.48. The minimum atomic E-state index is -0.910. The third-order valence-corrected chi connectivity index (χ3v) is 6.48. The number of nitrogens with one attached hydrogen (secondary N) is 1. The Balaban J connectivity index is 1.66. The molecule has 7 heteroatoms. The molecule has 32 heavy (non-hydrogen) atoms. The SMILES string of the molecule is COc1cccc(C2N(C(=O)c3cc(CO)ccn3)CCC23C(=O)Nc2ccccc23)c1. The third kappa shape index (κ3) is 2.97. The van der Waals surface area contributed by atoms with Gasteiger partial charge in [0.25, 0.3) is 5.91 Å². The number of aliphatic hydroxyl groups is 1. The lowest BCUT2D eigenvalue weighted by molar-refractivity contribution is -0.121. The van der Waals surface area contributed by atoms with Crippen molar-refractivity contribution in [2.45, 2.75) is 24.5 Å². The van der Waals surface area contributed by atoms with Gasteiger partial charge in [0.05, 0.1) is 19.8 Å². The molecule has 0 bridgehead atoms. The van der Waals surface area contributed by atoms with Crippen LogP contribution in [0.15, 0.2) is 66.9 Å². The monoisotopic (exact) mass is 429 g/mol. The van der Waals surface area contributed by atoms with Gasteiger partial charge in [0.15, 0.2) is 0 Å². The van der Waals surface area contributed by atoms with Crippen molar-refractivity contribution in [1.29, 1.82) is 0 Å². The molecule has 2 unspecified atom stereocenters. The number of benzene rings is 2. The largest absolute Gasteiger partial charge is 0.497 e. The molecule has 2 N–H and O–H groups in total. The summed E-state index contributed by atoms with van der Waals surface area (Å²) in [6, 6.07) is 17.9. The van der Waals surface area contributed by atoms with Gasteiger partial charge in [-0.05, 0) is 53.4 Å². The number of likely N-dealkylation sites (tertiary alicyclic amines) is 1. The fraction of sp³-hybridized carbons (Fsp3) is 0.240. The van der Waals surface area contributed by atoms with E-state index in [0.29, 0.717) is 24.3 Å². The predicted octanol–water partition coefficient (Wildman–Crippen LogP) is 3.06. The van der Waals surface area contributed by atoms with Crippen molar-refractivity contribution in [1.82, 2.24) is 9.88 Å². The molecule has 1 aromatic heterocycles. The maximum absolute atomic E-state index is 13.6. The lowest BCUT2D eigenvalue weighted by Gasteiger charge is -2.34. The molecule has 0 saturated carbocycles. The van der Waals surface area contributed by atoms with E-state index >= 15 is 0 Å². The van der Waals surface area contributed by atoms with Gasteiger partial charge in [0.2, 0.25) is 5.91 Å². The van der Waals surface area contributed by atoms with Crippen molar-refractivity contribution in [3.63, 3.8) is 0 Å². The average Bonchev–Trinajstić information content (AvgIpc) is 3.37. The van der Waals surface area contributed by atoms with Crippen molar-refractivity contribution in [2.24, 2.45) is 0 Å². The number of rotatable bonds is 4. The van der Waals surface area contributed by atoms with E-state index < -0.39 is 11.5 Å². The van der Waals surface area contributed by atoms with Crippen LogP contribution < -0.4 is 10.1 Å². The maximum atomic E-state index is 13.6. The average molecular weight is 429 g/mol. The number of amides is 2. The van der Waals surface area contributed by atoms with Gasteiger partial charge in [0.1, 0.15) is 16.9 Å². The highest BCUT2D eigenvalue weighted by atomic mass is 16.5. The van der Waals surface area contributed by atoms with Crippen molar-refractivity contribution >= 4 is 17.5 Å². The summed E-state index contributed by atoms with van der Waals surface area (Å²) in [4.78, 5) is 33.1. The Kier molecular flexibility index (Phi) is 4.90. The van der Waals surface area contributed by atoms with Crippen LogP contribution in [0.25, 0.3) is 0 Å². The molecule has 7 nitrogen and oxygen atoms in total. The molecule has 1 spiro atoms. The van der Waals surface area contributed by atoms with Crippen LogP contribution in [0.3, 0.4) is 0 Å². The predicted molar refractivity (Wildman–Crippen MR) is 118 cm³/mol. The van der Waals surface area contributed by atoms with Gasteiger partial charge in [-0.15, -0.1) is 0 Å². The summed E-state index contributed by atoms with van der Waals surface area (Å²) in [5.74, 6) is 0.269. The number of methoxy groups -OCH3 is 1. The minimum Gasteiger partial charge on any atom is -0.497 e. The van der Waals surface area contributed by atoms with Crippen molar-refractivity contribution < 1.29 is 19.4 Å². The van der Waals surface area contributed by atoms with Crippen LogP contribution >= 0.6 is 0 Å². The van der Waals surface area contributed by atoms with E-state index in [1.807, 2.05) is 48.5 Å². The summed E-state index contributed by atoms with van der Waals surface area (Å²) >= 11 is 0. The standard InChI is InChI=1S/C25H23N3O4/c1-32-18-6-4-5-17(14-18)22-25(19-7-2-3-8-20(19)27-24(25)31)10-12-28(22)23(30)21-13-16(15-29)9-11-26-21/h2-9,11,13-14,22,29H,10,12,15H2,1H3,(H,27,31). The van der Waals surface area contributed by atoms with Crippen LogP contribution in [0.2, 0.25) is 0 Å². The van der Waals surface area contributed by atoms with Crippen molar-refractivity contribution in [3.8, 4) is 5.75 Å². The number of anilines is 1. The molecule has 2 amide bonds. The van der Waals surface area contributed by atoms with Crippen LogP contribution in [0, 0.1) is 0 Å². The number of hydrogen-bond acceptors (Lipinski definition) is 5. The summed E-state index contributed by atoms with van der Waals surface area (Å²) in [6.45, 7) is 0.218. The molecule has 2 atom stereocenters. The van der Waals surface area contributed by atoms with E-state index in [-0.39, 0.29) is 24.1 Å². The molecule has 2 aliphatic rings. The Bertz CT molecular complexity index is 1210. The first-order chi connectivity index (χ1) is 15.6. The molecular formula is C25H23N3O4. The van der Waals surface area contributed by atoms with Gasteiger partial charge in [-0.2, -0.15) is 0 Å². The molecule has 1 fully saturated rings. The first-order valence-corrected chi connectivity index (χ1v) is 10.5. The lowest BCUT2D eigenvalue weighted by Crippen LogP contribution is -2.42. The number of nitrogens with zero attached hydrogens (tertiary/aromatic N) is 2. The highest BCUT2D eigenvalue weighted by molar-refractivity contribution is 6.08. The summed E-state index contributed by atoms with van der Waals surface area (Å²) in [5, 5.41) is 12.5. The second-order valence-corrected chi connectivity index (χ2v) is 8.11. The van der Waals surface area contributed by atoms with Gasteiger partial charge < -0.3 is 20.1 Å². The van der Waals surface area contributed by atoms with Crippen LogP contribution in [-0.4, -0.2) is 40.5 Å². The van der Waals surface area contributed by atoms with Gasteiger partial charge >= 0.3 is 0 Å². The van der Waals surface area contributed by atoms with E-state index in [1.165, 1.54) is 6.20 Å². The van der Waals surface area contributed by atoms with Crippen molar-refractivity contribution in [3.05, 3.63) is 89.2 Å². The second kappa shape index (κ2) is 7.76. The molecule has 2 aromatic carbocycles. The lowest BCUT2D eigenvalue weighted by atomic mass is 9.72. The zero-order valence-electron chi connectivity index (χ0n) is 17.6. The Morgan fingerprint density at radius 2 is 2.06 bits per heavy atom. The van der Waals surface area contributed by atoms with Crippen LogP contribution in [0.1, 0.15) is 39.6 Å². The zero-order chi connectivity index (χ0) is 22.3. The number of fused-ring (bicyclic) bond motifs is 2. The van der Waals surface area contributed by atoms with E-state index in [1.54, 1.807) is 24.1 Å². The number of pyridine rings is 1. The number of hydrogen-bond donors (Lipinski definition) is 2. The zero-order valence-corrected chi connectivity index (χ0v) is 17.6. The smallest absolute Gasteiger partial charge is 0.273 e. The van der Waals surface area contributed by atoms with Gasteiger partial charge in [-0.1, -0.05) is 30.3 Å². The Morgan fingerprint density at radius 1 is 1.22 bits per heavy atom. The first kappa shape index (κ1) is 20.2. The van der Waals surface area contributed by atoms with Gasteiger partial charge in [-0.25, -0.2) is 0 Å². The normalized spacial score (nSPS) is 21.5. The molecular weight excluding hydrogens is 406 g/mol. The first-order valence-electron chi connectivity index (χ1n) is 10.5. The molecule has 0 aliphatic carbocycles. The van der Waals surface area contributed by atoms with Crippen LogP contribution in [-0.2, 0) is 16.8 Å². The summed E-state index contributed by atoms with van der Waals surface area (Å²) in [7, 11) is 1.59.